The fourth-order valence-electron chi connectivity index (χ4n) is 2.63. The van der Waals surface area contributed by atoms with Gasteiger partial charge in [-0.25, -0.2) is 0 Å². The Morgan fingerprint density at radius 1 is 1.05 bits per heavy atom. The smallest absolute Gasteiger partial charge is 0.0860 e. The molecular weight excluding hydrogens is 278 g/mol. The highest BCUT2D eigenvalue weighted by molar-refractivity contribution is 7.05. The summed E-state index contributed by atoms with van der Waals surface area (Å²) >= 11 is 1.50. The second kappa shape index (κ2) is 5.85. The van der Waals surface area contributed by atoms with Crippen molar-refractivity contribution < 1.29 is 0 Å². The first-order valence-electron chi connectivity index (χ1n) is 7.33. The monoisotopic (exact) mass is 303 g/mol. The SMILES string of the molecule is CNC(c1cc(C)c(C)cc1C)c1snnc1C(C)(C)C. The van der Waals surface area contributed by atoms with E-state index in [1.165, 1.54) is 38.7 Å². The van der Waals surface area contributed by atoms with Crippen LogP contribution in [0.25, 0.3) is 0 Å². The lowest BCUT2D eigenvalue weighted by atomic mass is 9.87. The first kappa shape index (κ1) is 16.1. The van der Waals surface area contributed by atoms with Crippen molar-refractivity contribution in [3.8, 4) is 0 Å². The number of aryl methyl sites for hydroxylation is 3. The van der Waals surface area contributed by atoms with E-state index in [2.05, 4.69) is 68.6 Å². The molecule has 0 radical (unpaired) electrons. The van der Waals surface area contributed by atoms with E-state index in [0.29, 0.717) is 0 Å². The van der Waals surface area contributed by atoms with Gasteiger partial charge in [0.05, 0.1) is 16.6 Å². The molecule has 1 atom stereocenters. The van der Waals surface area contributed by atoms with E-state index < -0.39 is 0 Å². The van der Waals surface area contributed by atoms with E-state index in [9.17, 15) is 0 Å². The van der Waals surface area contributed by atoms with Crippen molar-refractivity contribution in [2.45, 2.75) is 53.0 Å². The van der Waals surface area contributed by atoms with Crippen LogP contribution in [0.4, 0.5) is 0 Å². The number of aromatic nitrogens is 2. The van der Waals surface area contributed by atoms with Crippen LogP contribution in [0.1, 0.15) is 59.6 Å². The molecule has 21 heavy (non-hydrogen) atoms. The van der Waals surface area contributed by atoms with E-state index in [4.69, 9.17) is 0 Å². The van der Waals surface area contributed by atoms with Crippen LogP contribution in [0, 0.1) is 20.8 Å². The van der Waals surface area contributed by atoms with Crippen LogP contribution < -0.4 is 5.32 Å². The van der Waals surface area contributed by atoms with Gasteiger partial charge in [0, 0.05) is 5.41 Å². The third kappa shape index (κ3) is 3.16. The maximum absolute atomic E-state index is 4.38. The van der Waals surface area contributed by atoms with Gasteiger partial charge < -0.3 is 5.32 Å². The number of rotatable bonds is 3. The minimum atomic E-state index is 0.00504. The molecule has 0 amide bonds. The van der Waals surface area contributed by atoms with E-state index >= 15 is 0 Å². The van der Waals surface area contributed by atoms with Gasteiger partial charge in [0.15, 0.2) is 0 Å². The predicted molar refractivity (Wildman–Crippen MR) is 90.2 cm³/mol. The van der Waals surface area contributed by atoms with Crippen molar-refractivity contribution in [3.05, 3.63) is 45.0 Å². The molecule has 0 aliphatic carbocycles. The quantitative estimate of drug-likeness (QED) is 0.929. The summed E-state index contributed by atoms with van der Waals surface area (Å²) in [5, 5.41) is 7.83. The molecule has 1 unspecified atom stereocenters. The Hall–Kier alpha value is -1.26. The summed E-state index contributed by atoms with van der Waals surface area (Å²) in [5.74, 6) is 0. The third-order valence-electron chi connectivity index (χ3n) is 3.97. The summed E-state index contributed by atoms with van der Waals surface area (Å²) in [4.78, 5) is 1.22. The van der Waals surface area contributed by atoms with Gasteiger partial charge in [0.25, 0.3) is 0 Å². The Morgan fingerprint density at radius 3 is 2.24 bits per heavy atom. The van der Waals surface area contributed by atoms with Gasteiger partial charge in [0.2, 0.25) is 0 Å². The van der Waals surface area contributed by atoms with E-state index in [-0.39, 0.29) is 11.5 Å². The van der Waals surface area contributed by atoms with Crippen molar-refractivity contribution in [2.24, 2.45) is 0 Å². The van der Waals surface area contributed by atoms with E-state index in [1.54, 1.807) is 0 Å². The summed E-state index contributed by atoms with van der Waals surface area (Å²) in [5.41, 5.74) is 6.38. The summed E-state index contributed by atoms with van der Waals surface area (Å²) in [6.07, 6.45) is 0. The normalized spacial score (nSPS) is 13.5. The van der Waals surface area contributed by atoms with Crippen molar-refractivity contribution in [3.63, 3.8) is 0 Å². The minimum Gasteiger partial charge on any atom is -0.309 e. The second-order valence-electron chi connectivity index (χ2n) is 6.75. The first-order chi connectivity index (χ1) is 9.75. The maximum Gasteiger partial charge on any atom is 0.0860 e. The minimum absolute atomic E-state index is 0.00504. The van der Waals surface area contributed by atoms with Crippen molar-refractivity contribution in [1.29, 1.82) is 0 Å². The van der Waals surface area contributed by atoms with Gasteiger partial charge in [-0.3, -0.25) is 0 Å². The fourth-order valence-corrected chi connectivity index (χ4v) is 3.62. The molecule has 4 heteroatoms. The number of hydrogen-bond donors (Lipinski definition) is 1. The molecule has 1 N–H and O–H groups in total. The van der Waals surface area contributed by atoms with Crippen molar-refractivity contribution >= 4 is 11.5 Å². The van der Waals surface area contributed by atoms with Crippen LogP contribution >= 0.6 is 11.5 Å². The van der Waals surface area contributed by atoms with Gasteiger partial charge in [-0.15, -0.1) is 5.10 Å². The molecule has 0 spiro atoms. The lowest BCUT2D eigenvalue weighted by molar-refractivity contribution is 0.549. The van der Waals surface area contributed by atoms with Gasteiger partial charge in [-0.1, -0.05) is 37.4 Å². The summed E-state index contributed by atoms with van der Waals surface area (Å²) in [6.45, 7) is 13.1. The Labute approximate surface area is 132 Å². The lowest BCUT2D eigenvalue weighted by Gasteiger charge is -2.23. The Balaban J connectivity index is 2.56. The highest BCUT2D eigenvalue weighted by atomic mass is 32.1. The molecule has 0 fully saturated rings. The topological polar surface area (TPSA) is 37.8 Å². The van der Waals surface area contributed by atoms with Crippen LogP contribution in [0.3, 0.4) is 0 Å². The third-order valence-corrected chi connectivity index (χ3v) is 4.76. The predicted octanol–water partition coefficient (Wildman–Crippen LogP) is 4.07. The van der Waals surface area contributed by atoms with Crippen LogP contribution in [0.15, 0.2) is 12.1 Å². The molecule has 2 aromatic rings. The molecule has 1 heterocycles. The zero-order valence-electron chi connectivity index (χ0n) is 14.0. The Kier molecular flexibility index (Phi) is 4.49. The molecule has 2 rings (SSSR count). The number of benzene rings is 1. The fraction of sp³-hybridized carbons (Fsp3) is 0.529. The Bertz CT molecular complexity index is 638. The zero-order valence-corrected chi connectivity index (χ0v) is 14.9. The summed E-state index contributed by atoms with van der Waals surface area (Å²) in [7, 11) is 2.01. The average molecular weight is 303 g/mol. The van der Waals surface area contributed by atoms with Gasteiger partial charge in [-0.2, -0.15) is 0 Å². The molecule has 0 aliphatic heterocycles. The Morgan fingerprint density at radius 2 is 1.67 bits per heavy atom. The molecule has 3 nitrogen and oxygen atoms in total. The molecule has 1 aromatic carbocycles. The van der Waals surface area contributed by atoms with Crippen molar-refractivity contribution in [2.75, 3.05) is 7.05 Å². The number of nitrogens with one attached hydrogen (secondary N) is 1. The zero-order chi connectivity index (χ0) is 15.8. The molecule has 0 bridgehead atoms. The summed E-state index contributed by atoms with van der Waals surface area (Å²) < 4.78 is 4.20. The first-order valence-corrected chi connectivity index (χ1v) is 8.10. The molecule has 114 valence electrons. The van der Waals surface area contributed by atoms with Gasteiger partial charge >= 0.3 is 0 Å². The standard InChI is InChI=1S/C17H25N3S/c1-10-8-12(3)13(9-11(10)2)14(18-7)15-16(17(4,5)6)19-20-21-15/h8-9,14,18H,1-7H3. The van der Waals surface area contributed by atoms with Crippen LogP contribution in [0.5, 0.6) is 0 Å². The molecule has 0 aliphatic rings. The van der Waals surface area contributed by atoms with Gasteiger partial charge in [0.1, 0.15) is 0 Å². The summed E-state index contributed by atoms with van der Waals surface area (Å²) in [6, 6.07) is 4.71. The lowest BCUT2D eigenvalue weighted by Crippen LogP contribution is -2.23. The van der Waals surface area contributed by atoms with Crippen LogP contribution in [0.2, 0.25) is 0 Å². The van der Waals surface area contributed by atoms with Crippen LogP contribution in [-0.2, 0) is 5.41 Å². The van der Waals surface area contributed by atoms with Gasteiger partial charge in [-0.05, 0) is 61.6 Å². The van der Waals surface area contributed by atoms with Crippen LogP contribution in [-0.4, -0.2) is 16.6 Å². The largest absolute Gasteiger partial charge is 0.309 e. The number of hydrogen-bond acceptors (Lipinski definition) is 4. The van der Waals surface area contributed by atoms with E-state index in [1.807, 2.05) is 7.05 Å². The molecule has 1 aromatic heterocycles. The molecular formula is C17H25N3S. The molecule has 0 saturated carbocycles. The highest BCUT2D eigenvalue weighted by Crippen LogP contribution is 2.35. The second-order valence-corrected chi connectivity index (χ2v) is 7.54. The highest BCUT2D eigenvalue weighted by Gasteiger charge is 2.28. The van der Waals surface area contributed by atoms with Crippen molar-refractivity contribution in [1.82, 2.24) is 14.9 Å². The average Bonchev–Trinajstić information content (AvgIpc) is 2.85. The number of nitrogens with zero attached hydrogens (tertiary/aromatic N) is 2. The molecule has 0 saturated heterocycles. The van der Waals surface area contributed by atoms with E-state index in [0.717, 1.165) is 5.69 Å². The maximum atomic E-state index is 4.38.